The molecule has 0 radical (unpaired) electrons. The summed E-state index contributed by atoms with van der Waals surface area (Å²) < 4.78 is 5.70. The third kappa shape index (κ3) is 6.91. The van der Waals surface area contributed by atoms with E-state index in [0.29, 0.717) is 0 Å². The first-order chi connectivity index (χ1) is 11.6. The molecule has 1 atom stereocenters. The molecule has 0 spiro atoms. The summed E-state index contributed by atoms with van der Waals surface area (Å²) >= 11 is -2.53. The molecule has 1 nitrogen and oxygen atoms in total. The van der Waals surface area contributed by atoms with E-state index in [1.807, 2.05) is 6.92 Å². The first-order valence-electron chi connectivity index (χ1n) is 10.0. The van der Waals surface area contributed by atoms with E-state index in [4.69, 9.17) is 0 Å². The van der Waals surface area contributed by atoms with Crippen molar-refractivity contribution in [2.24, 2.45) is 0 Å². The van der Waals surface area contributed by atoms with Crippen LogP contribution >= 0.6 is 0 Å². The maximum absolute atomic E-state index is 10.7. The zero-order valence-corrected chi connectivity index (χ0v) is 19.2. The van der Waals surface area contributed by atoms with Crippen LogP contribution in [0.5, 0.6) is 0 Å². The predicted molar refractivity (Wildman–Crippen MR) is 111 cm³/mol. The van der Waals surface area contributed by atoms with Gasteiger partial charge in [-0.1, -0.05) is 0 Å². The minimum atomic E-state index is -2.53. The van der Waals surface area contributed by atoms with E-state index in [1.54, 1.807) is 0 Å². The van der Waals surface area contributed by atoms with Crippen molar-refractivity contribution in [3.63, 3.8) is 0 Å². The molecule has 0 amide bonds. The molecular weight excluding hydrogens is 399 g/mol. The van der Waals surface area contributed by atoms with E-state index >= 15 is 0 Å². The fourth-order valence-electron chi connectivity index (χ4n) is 3.80. The molecule has 1 unspecified atom stereocenters. The molecule has 1 aromatic carbocycles. The molecule has 1 rings (SSSR count). The van der Waals surface area contributed by atoms with Gasteiger partial charge in [0.25, 0.3) is 0 Å². The van der Waals surface area contributed by atoms with Gasteiger partial charge in [0.15, 0.2) is 0 Å². The van der Waals surface area contributed by atoms with Gasteiger partial charge in [-0.15, -0.1) is 0 Å². The molecule has 0 aliphatic carbocycles. The van der Waals surface area contributed by atoms with Gasteiger partial charge in [-0.25, -0.2) is 0 Å². The standard InChI is InChI=1S/C10H11O.3C4H9.Sn/c1-9(11)7-8-10-5-3-2-4-6-10;3*1-3-4-2;/h2-6,8-9,11H,1H3;3*1,3-4H2,2H3;. The summed E-state index contributed by atoms with van der Waals surface area (Å²) in [4.78, 5) is 0. The van der Waals surface area contributed by atoms with Gasteiger partial charge in [-0.3, -0.25) is 0 Å². The Kier molecular flexibility index (Phi) is 11.0. The number of aliphatic hydroxyl groups excluding tert-OH is 1. The van der Waals surface area contributed by atoms with Gasteiger partial charge in [-0.2, -0.15) is 0 Å². The fourth-order valence-corrected chi connectivity index (χ4v) is 21.1. The van der Waals surface area contributed by atoms with Gasteiger partial charge in [0.05, 0.1) is 0 Å². The van der Waals surface area contributed by atoms with Gasteiger partial charge in [0.2, 0.25) is 0 Å². The zero-order chi connectivity index (χ0) is 17.8. The Morgan fingerprint density at radius 1 is 0.917 bits per heavy atom. The normalized spacial score (nSPS) is 14.0. The van der Waals surface area contributed by atoms with Crippen molar-refractivity contribution in [1.82, 2.24) is 0 Å². The molecule has 0 bridgehead atoms. The van der Waals surface area contributed by atoms with Crippen molar-refractivity contribution in [2.75, 3.05) is 0 Å². The van der Waals surface area contributed by atoms with Crippen LogP contribution in [0.3, 0.4) is 0 Å². The van der Waals surface area contributed by atoms with Crippen LogP contribution in [0.15, 0.2) is 33.9 Å². The second kappa shape index (κ2) is 12.1. The monoisotopic (exact) mass is 438 g/mol. The summed E-state index contributed by atoms with van der Waals surface area (Å²) in [6, 6.07) is 10.6. The van der Waals surface area contributed by atoms with Crippen LogP contribution in [0.4, 0.5) is 0 Å². The van der Waals surface area contributed by atoms with Crippen molar-refractivity contribution >= 4 is 24.5 Å². The number of aliphatic hydroxyl groups is 1. The SMILES string of the molecule is CCC[CH2][Sn]([CH2]CCC)([CH2]CCC)/[C](=C/c1ccccc1)C(C)O. The molecular formula is C22H38OSn. The molecule has 0 aromatic heterocycles. The Balaban J connectivity index is 3.27. The Hall–Kier alpha value is -0.281. The second-order valence-corrected chi connectivity index (χ2v) is 20.5. The van der Waals surface area contributed by atoms with Crippen molar-refractivity contribution in [2.45, 2.75) is 85.6 Å². The molecule has 1 aromatic rings. The van der Waals surface area contributed by atoms with Crippen LogP contribution < -0.4 is 0 Å². The fraction of sp³-hybridized carbons (Fsp3) is 0.636. The first-order valence-corrected chi connectivity index (χ1v) is 17.5. The summed E-state index contributed by atoms with van der Waals surface area (Å²) in [5.74, 6) is 0. The zero-order valence-electron chi connectivity index (χ0n) is 16.4. The van der Waals surface area contributed by atoms with Crippen LogP contribution in [0.25, 0.3) is 6.08 Å². The summed E-state index contributed by atoms with van der Waals surface area (Å²) in [7, 11) is 0. The topological polar surface area (TPSA) is 20.2 Å². The van der Waals surface area contributed by atoms with Crippen molar-refractivity contribution in [1.29, 1.82) is 0 Å². The Bertz CT molecular complexity index is 442. The van der Waals surface area contributed by atoms with E-state index in [0.717, 1.165) is 0 Å². The summed E-state index contributed by atoms with van der Waals surface area (Å²) in [5.41, 5.74) is 1.26. The summed E-state index contributed by atoms with van der Waals surface area (Å²) in [5, 5.41) is 10.7. The van der Waals surface area contributed by atoms with E-state index in [9.17, 15) is 5.11 Å². The number of benzene rings is 1. The van der Waals surface area contributed by atoms with Gasteiger partial charge in [-0.05, 0) is 0 Å². The molecule has 136 valence electrons. The van der Waals surface area contributed by atoms with E-state index in [2.05, 4.69) is 57.2 Å². The van der Waals surface area contributed by atoms with Crippen LogP contribution in [0, 0.1) is 0 Å². The average molecular weight is 437 g/mol. The van der Waals surface area contributed by atoms with Crippen molar-refractivity contribution < 1.29 is 5.11 Å². The third-order valence-electron chi connectivity index (χ3n) is 5.21. The van der Waals surface area contributed by atoms with E-state index in [-0.39, 0.29) is 6.10 Å². The Morgan fingerprint density at radius 2 is 1.38 bits per heavy atom. The molecule has 0 aliphatic rings. The van der Waals surface area contributed by atoms with Gasteiger partial charge >= 0.3 is 155 Å². The molecule has 0 fully saturated rings. The Labute approximate surface area is 154 Å². The summed E-state index contributed by atoms with van der Waals surface area (Å²) in [6.07, 6.45) is 9.90. The van der Waals surface area contributed by atoms with Crippen LogP contribution in [0.1, 0.15) is 71.8 Å². The Morgan fingerprint density at radius 3 is 1.75 bits per heavy atom. The van der Waals surface area contributed by atoms with Crippen LogP contribution in [-0.2, 0) is 0 Å². The van der Waals surface area contributed by atoms with Gasteiger partial charge in [0, 0.05) is 0 Å². The molecule has 24 heavy (non-hydrogen) atoms. The maximum atomic E-state index is 10.7. The molecule has 0 aliphatic heterocycles. The number of unbranched alkanes of at least 4 members (excludes halogenated alkanes) is 3. The quantitative estimate of drug-likeness (QED) is 0.355. The number of rotatable bonds is 12. The molecule has 0 saturated heterocycles. The van der Waals surface area contributed by atoms with Gasteiger partial charge in [0.1, 0.15) is 0 Å². The van der Waals surface area contributed by atoms with Gasteiger partial charge < -0.3 is 0 Å². The van der Waals surface area contributed by atoms with Crippen molar-refractivity contribution in [3.05, 3.63) is 39.5 Å². The van der Waals surface area contributed by atoms with E-state index in [1.165, 1.54) is 61.0 Å². The van der Waals surface area contributed by atoms with E-state index < -0.39 is 18.4 Å². The van der Waals surface area contributed by atoms with Crippen LogP contribution in [0.2, 0.25) is 13.3 Å². The number of hydrogen-bond acceptors (Lipinski definition) is 1. The predicted octanol–water partition coefficient (Wildman–Crippen LogP) is 6.84. The average Bonchev–Trinajstić information content (AvgIpc) is 2.60. The van der Waals surface area contributed by atoms with Crippen LogP contribution in [-0.4, -0.2) is 29.6 Å². The van der Waals surface area contributed by atoms with Crippen molar-refractivity contribution in [3.8, 4) is 0 Å². The number of hydrogen-bond donors (Lipinski definition) is 1. The third-order valence-corrected chi connectivity index (χ3v) is 21.5. The molecule has 1 N–H and O–H groups in total. The molecule has 0 heterocycles. The minimum absolute atomic E-state index is 0.286. The first kappa shape index (κ1) is 21.8. The summed E-state index contributed by atoms with van der Waals surface area (Å²) in [6.45, 7) is 8.92. The second-order valence-electron chi connectivity index (χ2n) is 7.28. The molecule has 0 saturated carbocycles. The molecule has 2 heteroatoms.